The van der Waals surface area contributed by atoms with Crippen LogP contribution in [0.1, 0.15) is 62.7 Å². The highest BCUT2D eigenvalue weighted by molar-refractivity contribution is 5.99. The van der Waals surface area contributed by atoms with E-state index < -0.39 is 0 Å². The third kappa shape index (κ3) is 6.56. The first-order chi connectivity index (χ1) is 16.0. The monoisotopic (exact) mass is 460 g/mol. The van der Waals surface area contributed by atoms with Crippen molar-refractivity contribution < 1.29 is 9.59 Å². The van der Waals surface area contributed by atoms with E-state index in [0.717, 1.165) is 23.4 Å². The Kier molecular flexibility index (Phi) is 7.92. The van der Waals surface area contributed by atoms with E-state index in [0.29, 0.717) is 23.8 Å². The van der Waals surface area contributed by atoms with Crippen LogP contribution in [-0.4, -0.2) is 39.6 Å². The van der Waals surface area contributed by atoms with Crippen LogP contribution in [0.15, 0.2) is 60.7 Å². The topological polar surface area (TPSA) is 67.2 Å². The third-order valence-corrected chi connectivity index (χ3v) is 5.61. The van der Waals surface area contributed by atoms with Gasteiger partial charge in [-0.1, -0.05) is 65.0 Å². The average molecular weight is 461 g/mol. The van der Waals surface area contributed by atoms with Crippen LogP contribution in [0.25, 0.3) is 5.69 Å². The standard InChI is InChI=1S/C28H36N4O2/c1-20(2)15-16-31(27(34)22-12-8-7-9-13-22)19-26(33)29-25-18-24(28(4,5)6)30-32(25)23-14-10-11-21(3)17-23/h7-14,17-18,20H,15-16,19H2,1-6H3,(H,29,33). The average Bonchev–Trinajstić information content (AvgIpc) is 3.21. The molecule has 0 aliphatic heterocycles. The van der Waals surface area contributed by atoms with Crippen LogP contribution < -0.4 is 5.32 Å². The number of nitrogens with one attached hydrogen (secondary N) is 1. The van der Waals surface area contributed by atoms with Crippen molar-refractivity contribution in [3.63, 3.8) is 0 Å². The van der Waals surface area contributed by atoms with Gasteiger partial charge in [0.2, 0.25) is 5.91 Å². The Morgan fingerprint density at radius 1 is 1.03 bits per heavy atom. The van der Waals surface area contributed by atoms with Gasteiger partial charge in [-0.25, -0.2) is 4.68 Å². The highest BCUT2D eigenvalue weighted by atomic mass is 16.2. The van der Waals surface area contributed by atoms with Crippen molar-refractivity contribution in [2.45, 2.75) is 53.4 Å². The summed E-state index contributed by atoms with van der Waals surface area (Å²) in [5.74, 6) is 0.629. The fourth-order valence-electron chi connectivity index (χ4n) is 3.58. The minimum atomic E-state index is -0.248. The molecule has 0 saturated carbocycles. The predicted octanol–water partition coefficient (Wildman–Crippen LogP) is 5.61. The quantitative estimate of drug-likeness (QED) is 0.475. The highest BCUT2D eigenvalue weighted by Crippen LogP contribution is 2.26. The maximum atomic E-state index is 13.2. The second kappa shape index (κ2) is 10.7. The number of carbonyl (C=O) groups is 2. The third-order valence-electron chi connectivity index (χ3n) is 5.61. The summed E-state index contributed by atoms with van der Waals surface area (Å²) in [7, 11) is 0. The van der Waals surface area contributed by atoms with Crippen molar-refractivity contribution in [1.29, 1.82) is 0 Å². The molecule has 1 heterocycles. The molecule has 1 aromatic heterocycles. The van der Waals surface area contributed by atoms with Gasteiger partial charge in [0.25, 0.3) is 5.91 Å². The van der Waals surface area contributed by atoms with Crippen molar-refractivity contribution in [2.75, 3.05) is 18.4 Å². The zero-order valence-corrected chi connectivity index (χ0v) is 21.1. The van der Waals surface area contributed by atoms with E-state index in [9.17, 15) is 9.59 Å². The molecule has 0 atom stereocenters. The normalized spacial score (nSPS) is 11.5. The number of hydrogen-bond donors (Lipinski definition) is 1. The van der Waals surface area contributed by atoms with E-state index in [1.54, 1.807) is 21.7 Å². The van der Waals surface area contributed by atoms with Crippen molar-refractivity contribution >= 4 is 17.6 Å². The Bertz CT molecular complexity index is 1130. The largest absolute Gasteiger partial charge is 0.329 e. The molecule has 34 heavy (non-hydrogen) atoms. The SMILES string of the molecule is Cc1cccc(-n2nc(C(C)(C)C)cc2NC(=O)CN(CCC(C)C)C(=O)c2ccccc2)c1. The fraction of sp³-hybridized carbons (Fsp3) is 0.393. The van der Waals surface area contributed by atoms with Gasteiger partial charge in [-0.2, -0.15) is 5.10 Å². The number of benzene rings is 2. The van der Waals surface area contributed by atoms with Gasteiger partial charge in [-0.05, 0) is 49.1 Å². The van der Waals surface area contributed by atoms with E-state index in [1.165, 1.54) is 0 Å². The second-order valence-corrected chi connectivity index (χ2v) is 10.2. The minimum absolute atomic E-state index is 0.0235. The van der Waals surface area contributed by atoms with Gasteiger partial charge in [0.05, 0.1) is 11.4 Å². The summed E-state index contributed by atoms with van der Waals surface area (Å²) in [5, 5.41) is 7.80. The summed E-state index contributed by atoms with van der Waals surface area (Å²) in [6.07, 6.45) is 0.821. The van der Waals surface area contributed by atoms with Gasteiger partial charge in [0.1, 0.15) is 12.4 Å². The number of rotatable bonds is 8. The number of carbonyl (C=O) groups excluding carboxylic acids is 2. The van der Waals surface area contributed by atoms with E-state index in [2.05, 4.69) is 39.9 Å². The van der Waals surface area contributed by atoms with Gasteiger partial charge in [0, 0.05) is 23.6 Å². The Balaban J connectivity index is 1.86. The molecule has 3 aromatic rings. The molecule has 2 amide bonds. The van der Waals surface area contributed by atoms with Gasteiger partial charge in [-0.3, -0.25) is 9.59 Å². The molecule has 6 heteroatoms. The maximum absolute atomic E-state index is 13.2. The van der Waals surface area contributed by atoms with Crippen LogP contribution >= 0.6 is 0 Å². The van der Waals surface area contributed by atoms with Crippen LogP contribution in [0.4, 0.5) is 5.82 Å². The first-order valence-corrected chi connectivity index (χ1v) is 11.9. The lowest BCUT2D eigenvalue weighted by atomic mass is 9.92. The van der Waals surface area contributed by atoms with Crippen LogP contribution in [-0.2, 0) is 10.2 Å². The number of nitrogens with zero attached hydrogens (tertiary/aromatic N) is 3. The predicted molar refractivity (Wildman–Crippen MR) is 137 cm³/mol. The van der Waals surface area contributed by atoms with Gasteiger partial charge < -0.3 is 10.2 Å². The Labute approximate surface area is 203 Å². The number of amides is 2. The lowest BCUT2D eigenvalue weighted by Gasteiger charge is -2.23. The molecule has 0 aliphatic carbocycles. The summed E-state index contributed by atoms with van der Waals surface area (Å²) < 4.78 is 1.77. The Hall–Kier alpha value is -3.41. The molecule has 0 spiro atoms. The molecule has 2 aromatic carbocycles. The number of anilines is 1. The molecule has 1 N–H and O–H groups in total. The molecule has 6 nitrogen and oxygen atoms in total. The first kappa shape index (κ1) is 25.2. The van der Waals surface area contributed by atoms with Crippen LogP contribution in [0, 0.1) is 12.8 Å². The summed E-state index contributed by atoms with van der Waals surface area (Å²) in [6, 6.07) is 19.0. The van der Waals surface area contributed by atoms with E-state index in [4.69, 9.17) is 5.10 Å². The smallest absolute Gasteiger partial charge is 0.254 e. The van der Waals surface area contributed by atoms with E-state index >= 15 is 0 Å². The Morgan fingerprint density at radius 2 is 1.74 bits per heavy atom. The lowest BCUT2D eigenvalue weighted by Crippen LogP contribution is -2.39. The highest BCUT2D eigenvalue weighted by Gasteiger charge is 2.23. The first-order valence-electron chi connectivity index (χ1n) is 11.9. The van der Waals surface area contributed by atoms with Gasteiger partial charge in [-0.15, -0.1) is 0 Å². The molecule has 0 bridgehead atoms. The summed E-state index contributed by atoms with van der Waals surface area (Å²) in [6.45, 7) is 13.0. The summed E-state index contributed by atoms with van der Waals surface area (Å²) in [4.78, 5) is 27.9. The van der Waals surface area contributed by atoms with E-state index in [1.807, 2.05) is 55.5 Å². The van der Waals surface area contributed by atoms with Crippen molar-refractivity contribution in [2.24, 2.45) is 5.92 Å². The molecule has 0 radical (unpaired) electrons. The fourth-order valence-corrected chi connectivity index (χ4v) is 3.58. The molecule has 0 unspecified atom stereocenters. The van der Waals surface area contributed by atoms with Gasteiger partial charge >= 0.3 is 0 Å². The minimum Gasteiger partial charge on any atom is -0.329 e. The molecule has 0 aliphatic rings. The van der Waals surface area contributed by atoms with Crippen molar-refractivity contribution in [3.05, 3.63) is 77.5 Å². The molecule has 3 rings (SSSR count). The van der Waals surface area contributed by atoms with E-state index in [-0.39, 0.29) is 23.8 Å². The van der Waals surface area contributed by atoms with Crippen molar-refractivity contribution in [3.8, 4) is 5.69 Å². The molecule has 180 valence electrons. The van der Waals surface area contributed by atoms with Gasteiger partial charge in [0.15, 0.2) is 0 Å². The molecule has 0 fully saturated rings. The lowest BCUT2D eigenvalue weighted by molar-refractivity contribution is -0.117. The number of aryl methyl sites for hydroxylation is 1. The zero-order valence-electron chi connectivity index (χ0n) is 21.1. The van der Waals surface area contributed by atoms with Crippen LogP contribution in [0.3, 0.4) is 0 Å². The number of hydrogen-bond acceptors (Lipinski definition) is 3. The molecular weight excluding hydrogens is 424 g/mol. The second-order valence-electron chi connectivity index (χ2n) is 10.2. The van der Waals surface area contributed by atoms with Crippen LogP contribution in [0.2, 0.25) is 0 Å². The van der Waals surface area contributed by atoms with Crippen LogP contribution in [0.5, 0.6) is 0 Å². The Morgan fingerprint density at radius 3 is 2.35 bits per heavy atom. The zero-order chi connectivity index (χ0) is 24.9. The number of aromatic nitrogens is 2. The summed E-state index contributed by atoms with van der Waals surface area (Å²) >= 11 is 0. The molecule has 0 saturated heterocycles. The van der Waals surface area contributed by atoms with Crippen molar-refractivity contribution in [1.82, 2.24) is 14.7 Å². The maximum Gasteiger partial charge on any atom is 0.254 e. The summed E-state index contributed by atoms with van der Waals surface area (Å²) in [5.41, 5.74) is 3.26. The molecular formula is C28H36N4O2.